The number of likely N-dealkylation sites (N-methyl/N-ethyl adjacent to an activating group) is 1. The van der Waals surface area contributed by atoms with Crippen molar-refractivity contribution in [3.8, 4) is 22.5 Å². The van der Waals surface area contributed by atoms with E-state index in [-0.39, 0.29) is 0 Å². The molecule has 138 valence electrons. The quantitative estimate of drug-likeness (QED) is 0.629. The van der Waals surface area contributed by atoms with Crippen molar-refractivity contribution in [1.29, 1.82) is 0 Å². The largest absolute Gasteiger partial charge is 0.369 e. The van der Waals surface area contributed by atoms with E-state index in [1.165, 1.54) is 5.69 Å². The van der Waals surface area contributed by atoms with Gasteiger partial charge >= 0.3 is 0 Å². The van der Waals surface area contributed by atoms with E-state index in [2.05, 4.69) is 51.1 Å². The zero-order chi connectivity index (χ0) is 18.8. The summed E-state index contributed by atoms with van der Waals surface area (Å²) in [6.07, 6.45) is 1.57. The Labute approximate surface area is 169 Å². The van der Waals surface area contributed by atoms with Gasteiger partial charge < -0.3 is 9.80 Å². The van der Waals surface area contributed by atoms with E-state index >= 15 is 0 Å². The number of rotatable bonds is 3. The molecule has 1 aromatic heterocycles. The molecule has 3 aromatic rings. The summed E-state index contributed by atoms with van der Waals surface area (Å²) in [5, 5.41) is 1.19. The molecule has 0 N–H and O–H groups in total. The third-order valence-electron chi connectivity index (χ3n) is 4.91. The minimum absolute atomic E-state index is 0.581. The van der Waals surface area contributed by atoms with Gasteiger partial charge in [-0.1, -0.05) is 35.3 Å². The highest BCUT2D eigenvalue weighted by molar-refractivity contribution is 6.36. The highest BCUT2D eigenvalue weighted by atomic mass is 35.5. The van der Waals surface area contributed by atoms with Crippen molar-refractivity contribution in [2.75, 3.05) is 38.1 Å². The summed E-state index contributed by atoms with van der Waals surface area (Å²) in [5.41, 5.74) is 4.81. The molecule has 0 atom stereocenters. The first-order chi connectivity index (χ1) is 13.1. The smallest absolute Gasteiger partial charge is 0.116 e. The molecule has 0 amide bonds. The van der Waals surface area contributed by atoms with Gasteiger partial charge in [0.25, 0.3) is 0 Å². The molecule has 1 aliphatic rings. The molecule has 27 heavy (non-hydrogen) atoms. The van der Waals surface area contributed by atoms with E-state index in [4.69, 9.17) is 23.2 Å². The predicted octanol–water partition coefficient (Wildman–Crippen LogP) is 4.87. The summed E-state index contributed by atoms with van der Waals surface area (Å²) in [5.74, 6) is 0. The fraction of sp³-hybridized carbons (Fsp3) is 0.238. The molecule has 2 aromatic carbocycles. The van der Waals surface area contributed by atoms with Crippen LogP contribution < -0.4 is 4.90 Å². The Bertz CT molecular complexity index is 935. The summed E-state index contributed by atoms with van der Waals surface area (Å²) in [4.78, 5) is 13.6. The van der Waals surface area contributed by atoms with Crippen molar-refractivity contribution in [3.63, 3.8) is 0 Å². The van der Waals surface area contributed by atoms with Crippen molar-refractivity contribution in [3.05, 3.63) is 64.9 Å². The standard InChI is InChI=1S/C21H20Cl2N4/c1-26-8-10-27(11-9-26)17-5-2-15(3-6-17)20-13-21(25-14-24-20)18-7-4-16(22)12-19(18)23/h2-7,12-14H,8-11H2,1H3. The lowest BCUT2D eigenvalue weighted by Gasteiger charge is -2.34. The fourth-order valence-electron chi connectivity index (χ4n) is 3.27. The summed E-state index contributed by atoms with van der Waals surface area (Å²) in [6, 6.07) is 15.9. The Hall–Kier alpha value is -2.14. The highest BCUT2D eigenvalue weighted by Crippen LogP contribution is 2.31. The van der Waals surface area contributed by atoms with Gasteiger partial charge in [-0.15, -0.1) is 0 Å². The summed E-state index contributed by atoms with van der Waals surface area (Å²) in [7, 11) is 2.17. The Morgan fingerprint density at radius 2 is 1.52 bits per heavy atom. The van der Waals surface area contributed by atoms with Crippen LogP contribution in [0, 0.1) is 0 Å². The van der Waals surface area contributed by atoms with E-state index in [1.54, 1.807) is 12.4 Å². The van der Waals surface area contributed by atoms with Crippen LogP contribution in [0.3, 0.4) is 0 Å². The van der Waals surface area contributed by atoms with Gasteiger partial charge in [-0.3, -0.25) is 0 Å². The van der Waals surface area contributed by atoms with E-state index in [0.717, 1.165) is 48.7 Å². The number of halogens is 2. The number of nitrogens with zero attached hydrogens (tertiary/aromatic N) is 4. The second-order valence-electron chi connectivity index (χ2n) is 6.75. The molecule has 2 heterocycles. The molecule has 0 radical (unpaired) electrons. The first kappa shape index (κ1) is 18.2. The van der Waals surface area contributed by atoms with Crippen LogP contribution in [0.1, 0.15) is 0 Å². The Balaban J connectivity index is 1.58. The molecule has 1 saturated heterocycles. The molecular formula is C21H20Cl2N4. The number of anilines is 1. The van der Waals surface area contributed by atoms with Gasteiger partial charge in [0.15, 0.2) is 0 Å². The monoisotopic (exact) mass is 398 g/mol. The van der Waals surface area contributed by atoms with Crippen LogP contribution in [0.15, 0.2) is 54.9 Å². The normalized spacial score (nSPS) is 15.1. The minimum Gasteiger partial charge on any atom is -0.369 e. The molecule has 1 fully saturated rings. The molecule has 6 heteroatoms. The van der Waals surface area contributed by atoms with E-state index in [9.17, 15) is 0 Å². The molecule has 1 aliphatic heterocycles. The number of aromatic nitrogens is 2. The van der Waals surface area contributed by atoms with Crippen LogP contribution in [0.5, 0.6) is 0 Å². The number of piperazine rings is 1. The van der Waals surface area contributed by atoms with Crippen molar-refractivity contribution in [2.45, 2.75) is 0 Å². The lowest BCUT2D eigenvalue weighted by Crippen LogP contribution is -2.44. The van der Waals surface area contributed by atoms with Crippen LogP contribution in [0.25, 0.3) is 22.5 Å². The molecule has 0 bridgehead atoms. The van der Waals surface area contributed by atoms with Crippen molar-refractivity contribution in [2.24, 2.45) is 0 Å². The number of hydrogen-bond donors (Lipinski definition) is 0. The van der Waals surface area contributed by atoms with E-state index < -0.39 is 0 Å². The molecule has 4 nitrogen and oxygen atoms in total. The Kier molecular flexibility index (Phi) is 5.30. The number of hydrogen-bond acceptors (Lipinski definition) is 4. The first-order valence-electron chi connectivity index (χ1n) is 8.91. The molecule has 0 saturated carbocycles. The van der Waals surface area contributed by atoms with Crippen LogP contribution >= 0.6 is 23.2 Å². The van der Waals surface area contributed by atoms with Gasteiger partial charge in [0.1, 0.15) is 6.33 Å². The van der Waals surface area contributed by atoms with Crippen LogP contribution in [-0.4, -0.2) is 48.1 Å². The van der Waals surface area contributed by atoms with Gasteiger partial charge in [0.05, 0.1) is 16.4 Å². The third kappa shape index (κ3) is 4.08. The summed E-state index contributed by atoms with van der Waals surface area (Å²) < 4.78 is 0. The lowest BCUT2D eigenvalue weighted by molar-refractivity contribution is 0.313. The Morgan fingerprint density at radius 3 is 2.22 bits per heavy atom. The molecule has 0 spiro atoms. The van der Waals surface area contributed by atoms with Crippen molar-refractivity contribution < 1.29 is 0 Å². The van der Waals surface area contributed by atoms with Crippen LogP contribution in [0.4, 0.5) is 5.69 Å². The number of benzene rings is 2. The van der Waals surface area contributed by atoms with Gasteiger partial charge in [0, 0.05) is 48.0 Å². The zero-order valence-electron chi connectivity index (χ0n) is 15.1. The Morgan fingerprint density at radius 1 is 0.815 bits per heavy atom. The molecule has 4 rings (SSSR count). The topological polar surface area (TPSA) is 32.3 Å². The van der Waals surface area contributed by atoms with Crippen LogP contribution in [-0.2, 0) is 0 Å². The second kappa shape index (κ2) is 7.85. The predicted molar refractivity (Wildman–Crippen MR) is 113 cm³/mol. The van der Waals surface area contributed by atoms with Gasteiger partial charge in [-0.2, -0.15) is 0 Å². The van der Waals surface area contributed by atoms with Crippen molar-refractivity contribution in [1.82, 2.24) is 14.9 Å². The van der Waals surface area contributed by atoms with E-state index in [0.29, 0.717) is 10.0 Å². The fourth-order valence-corrected chi connectivity index (χ4v) is 3.77. The molecule has 0 unspecified atom stereocenters. The van der Waals surface area contributed by atoms with E-state index in [1.807, 2.05) is 18.2 Å². The maximum Gasteiger partial charge on any atom is 0.116 e. The van der Waals surface area contributed by atoms with Crippen molar-refractivity contribution >= 4 is 28.9 Å². The SMILES string of the molecule is CN1CCN(c2ccc(-c3cc(-c4ccc(Cl)cc4Cl)ncn3)cc2)CC1. The molecule has 0 aliphatic carbocycles. The maximum atomic E-state index is 6.33. The van der Waals surface area contributed by atoms with Crippen LogP contribution in [0.2, 0.25) is 10.0 Å². The van der Waals surface area contributed by atoms with Gasteiger partial charge in [0.2, 0.25) is 0 Å². The highest BCUT2D eigenvalue weighted by Gasteiger charge is 2.14. The third-order valence-corrected chi connectivity index (χ3v) is 5.45. The average molecular weight is 399 g/mol. The summed E-state index contributed by atoms with van der Waals surface area (Å²) >= 11 is 12.3. The average Bonchev–Trinajstić information content (AvgIpc) is 2.69. The maximum absolute atomic E-state index is 6.33. The first-order valence-corrected chi connectivity index (χ1v) is 9.67. The molecular weight excluding hydrogens is 379 g/mol. The minimum atomic E-state index is 0.581. The zero-order valence-corrected chi connectivity index (χ0v) is 16.6. The second-order valence-corrected chi connectivity index (χ2v) is 7.59. The van der Waals surface area contributed by atoms with Gasteiger partial charge in [-0.05, 0) is 43.4 Å². The van der Waals surface area contributed by atoms with Gasteiger partial charge in [-0.25, -0.2) is 9.97 Å². The summed E-state index contributed by atoms with van der Waals surface area (Å²) in [6.45, 7) is 4.31. The lowest BCUT2D eigenvalue weighted by atomic mass is 10.1.